The Morgan fingerprint density at radius 2 is 0.875 bits per heavy atom. The molecule has 0 fully saturated rings. The van der Waals surface area contributed by atoms with Gasteiger partial charge in [0.2, 0.25) is 0 Å². The van der Waals surface area contributed by atoms with E-state index in [-0.39, 0.29) is 0 Å². The van der Waals surface area contributed by atoms with Crippen molar-refractivity contribution in [3.63, 3.8) is 0 Å². The minimum Gasteiger partial charge on any atom is -0.137 e. The van der Waals surface area contributed by atoms with Gasteiger partial charge in [0.25, 0.3) is 0 Å². The van der Waals surface area contributed by atoms with E-state index < -0.39 is 8.07 Å². The lowest BCUT2D eigenvalue weighted by Gasteiger charge is -2.62. The van der Waals surface area contributed by atoms with E-state index in [1.54, 1.807) is 0 Å². The van der Waals surface area contributed by atoms with Gasteiger partial charge in [-0.05, 0) is 20.4 Å². The summed E-state index contributed by atoms with van der Waals surface area (Å²) in [6, 6.07) is 0. The third-order valence-electron chi connectivity index (χ3n) is 4.23. The largest absolute Gasteiger partial charge is 0.137 e. The van der Waals surface area contributed by atoms with E-state index in [9.17, 15) is 0 Å². The molecule has 0 aliphatic heterocycles. The van der Waals surface area contributed by atoms with E-state index in [0.29, 0.717) is 15.1 Å². The van der Waals surface area contributed by atoms with Gasteiger partial charge in [-0.3, -0.25) is 0 Å². The molecule has 0 saturated heterocycles. The normalized spacial score (nSPS) is 17.4. The first-order valence-electron chi connectivity index (χ1n) is 6.45. The SMILES string of the molecule is CC(P)[Si](C(C)(C)C)(C(C)(C)C)C(C)(C)C. The molecule has 0 aromatic heterocycles. The maximum Gasteiger partial charge on any atom is 0.0763 e. The molecule has 0 spiro atoms. The van der Waals surface area contributed by atoms with Crippen LogP contribution in [-0.4, -0.2) is 13.4 Å². The first-order valence-corrected chi connectivity index (χ1v) is 9.19. The van der Waals surface area contributed by atoms with Crippen LogP contribution in [0.2, 0.25) is 15.1 Å². The van der Waals surface area contributed by atoms with E-state index in [1.807, 2.05) is 0 Å². The molecular formula is C14H33PSi. The highest BCUT2D eigenvalue weighted by Gasteiger charge is 2.60. The van der Waals surface area contributed by atoms with Gasteiger partial charge in [-0.2, -0.15) is 0 Å². The highest BCUT2D eigenvalue weighted by molar-refractivity contribution is 7.26. The summed E-state index contributed by atoms with van der Waals surface area (Å²) in [4.78, 5) is 0. The van der Waals surface area contributed by atoms with Crippen molar-refractivity contribution >= 4 is 17.3 Å². The van der Waals surface area contributed by atoms with Crippen molar-refractivity contribution < 1.29 is 0 Å². The Hall–Kier alpha value is 0.647. The van der Waals surface area contributed by atoms with Crippen LogP contribution < -0.4 is 0 Å². The first-order chi connectivity index (χ1) is 6.69. The lowest BCUT2D eigenvalue weighted by molar-refractivity contribution is 0.525. The van der Waals surface area contributed by atoms with E-state index in [1.165, 1.54) is 0 Å². The Kier molecular flexibility index (Phi) is 4.57. The van der Waals surface area contributed by atoms with Crippen LogP contribution >= 0.6 is 9.24 Å². The van der Waals surface area contributed by atoms with Crippen LogP contribution in [0.3, 0.4) is 0 Å². The molecule has 0 bridgehead atoms. The van der Waals surface area contributed by atoms with Gasteiger partial charge in [-0.25, -0.2) is 0 Å². The molecule has 0 saturated carbocycles. The van der Waals surface area contributed by atoms with Crippen LogP contribution in [0.1, 0.15) is 69.2 Å². The fourth-order valence-corrected chi connectivity index (χ4v) is 20.8. The van der Waals surface area contributed by atoms with Crippen molar-refractivity contribution in [1.82, 2.24) is 0 Å². The molecule has 0 aromatic carbocycles. The molecule has 16 heavy (non-hydrogen) atoms. The predicted molar refractivity (Wildman–Crippen MR) is 84.1 cm³/mol. The smallest absolute Gasteiger partial charge is 0.0763 e. The fraction of sp³-hybridized carbons (Fsp3) is 1.00. The lowest BCUT2D eigenvalue weighted by Crippen LogP contribution is -2.63. The zero-order valence-corrected chi connectivity index (χ0v) is 15.3. The highest BCUT2D eigenvalue weighted by Crippen LogP contribution is 2.64. The van der Waals surface area contributed by atoms with Gasteiger partial charge in [0.15, 0.2) is 0 Å². The molecule has 0 heterocycles. The Morgan fingerprint density at radius 1 is 0.688 bits per heavy atom. The summed E-state index contributed by atoms with van der Waals surface area (Å²) in [6.45, 7) is 24.5. The van der Waals surface area contributed by atoms with E-state index in [4.69, 9.17) is 0 Å². The molecule has 2 atom stereocenters. The quantitative estimate of drug-likeness (QED) is 0.423. The van der Waals surface area contributed by atoms with Crippen molar-refractivity contribution in [2.45, 2.75) is 89.6 Å². The summed E-state index contributed by atoms with van der Waals surface area (Å²) >= 11 is 0. The Labute approximate surface area is 107 Å². The Bertz CT molecular complexity index is 199. The van der Waals surface area contributed by atoms with Crippen molar-refractivity contribution in [2.75, 3.05) is 0 Å². The van der Waals surface area contributed by atoms with Crippen molar-refractivity contribution in [3.8, 4) is 0 Å². The molecule has 0 rings (SSSR count). The molecule has 0 radical (unpaired) electrons. The summed E-state index contributed by atoms with van der Waals surface area (Å²) in [5, 5.41) is 1.99. The number of hydrogen-bond donors (Lipinski definition) is 0. The summed E-state index contributed by atoms with van der Waals surface area (Å²) < 4.78 is 0. The molecular weight excluding hydrogens is 227 g/mol. The number of rotatable bonds is 1. The molecule has 0 nitrogen and oxygen atoms in total. The minimum absolute atomic E-state index is 0.421. The molecule has 98 valence electrons. The number of hydrogen-bond acceptors (Lipinski definition) is 0. The van der Waals surface area contributed by atoms with Crippen molar-refractivity contribution in [1.29, 1.82) is 0 Å². The molecule has 0 aromatic rings. The zero-order chi connectivity index (χ0) is 13.6. The first kappa shape index (κ1) is 16.6. The average Bonchev–Trinajstić information content (AvgIpc) is 1.71. The van der Waals surface area contributed by atoms with Crippen LogP contribution in [0.5, 0.6) is 0 Å². The third kappa shape index (κ3) is 2.41. The maximum absolute atomic E-state index is 3.13. The van der Waals surface area contributed by atoms with Gasteiger partial charge in [0, 0.05) is 0 Å². The van der Waals surface area contributed by atoms with Crippen LogP contribution in [0, 0.1) is 0 Å². The van der Waals surface area contributed by atoms with Crippen LogP contribution in [0.25, 0.3) is 0 Å². The van der Waals surface area contributed by atoms with Gasteiger partial charge in [-0.1, -0.05) is 69.2 Å². The third-order valence-corrected chi connectivity index (χ3v) is 14.2. The van der Waals surface area contributed by atoms with Gasteiger partial charge < -0.3 is 0 Å². The van der Waals surface area contributed by atoms with Gasteiger partial charge >= 0.3 is 0 Å². The Balaban J connectivity index is 6.05. The van der Waals surface area contributed by atoms with Crippen LogP contribution in [0.15, 0.2) is 0 Å². The van der Waals surface area contributed by atoms with Gasteiger partial charge in [-0.15, -0.1) is 9.24 Å². The maximum atomic E-state index is 3.13. The second-order valence-corrected chi connectivity index (χ2v) is 17.0. The highest BCUT2D eigenvalue weighted by atomic mass is 31.0. The van der Waals surface area contributed by atoms with Crippen molar-refractivity contribution in [2.24, 2.45) is 0 Å². The molecule has 0 N–H and O–H groups in total. The molecule has 0 aliphatic rings. The van der Waals surface area contributed by atoms with Crippen LogP contribution in [0.4, 0.5) is 0 Å². The van der Waals surface area contributed by atoms with Gasteiger partial charge in [0.1, 0.15) is 0 Å². The second kappa shape index (κ2) is 4.39. The van der Waals surface area contributed by atoms with E-state index in [0.717, 1.165) is 5.28 Å². The van der Waals surface area contributed by atoms with E-state index >= 15 is 0 Å². The molecule has 0 aliphatic carbocycles. The summed E-state index contributed by atoms with van der Waals surface area (Å²) in [5.74, 6) is 0. The molecule has 2 heteroatoms. The second-order valence-electron chi connectivity index (χ2n) is 8.35. The summed E-state index contributed by atoms with van der Waals surface area (Å²) in [5.41, 5.74) is 0. The lowest BCUT2D eigenvalue weighted by atomic mass is 10.2. The van der Waals surface area contributed by atoms with Gasteiger partial charge in [0.05, 0.1) is 8.07 Å². The molecule has 0 amide bonds. The fourth-order valence-electron chi connectivity index (χ4n) is 5.42. The predicted octanol–water partition coefficient (Wildman–Crippen LogP) is 5.64. The standard InChI is InChI=1S/C14H33PSi/c1-11(15)16(12(2,3)4,13(5,6)7)14(8,9)10/h11H,15H2,1-10H3. The van der Waals surface area contributed by atoms with Crippen molar-refractivity contribution in [3.05, 3.63) is 0 Å². The molecule has 2 unspecified atom stereocenters. The zero-order valence-electron chi connectivity index (χ0n) is 13.2. The average molecular weight is 260 g/mol. The Morgan fingerprint density at radius 3 is 0.875 bits per heavy atom. The van der Waals surface area contributed by atoms with E-state index in [2.05, 4.69) is 78.5 Å². The summed E-state index contributed by atoms with van der Waals surface area (Å²) in [7, 11) is 1.61. The summed E-state index contributed by atoms with van der Waals surface area (Å²) in [6.07, 6.45) is 0. The van der Waals surface area contributed by atoms with Crippen LogP contribution in [-0.2, 0) is 0 Å². The minimum atomic E-state index is -1.51. The monoisotopic (exact) mass is 260 g/mol. The topological polar surface area (TPSA) is 0 Å².